The van der Waals surface area contributed by atoms with Crippen molar-refractivity contribution in [2.24, 2.45) is 7.05 Å². The number of aryl methyl sites for hydroxylation is 1. The molecule has 4 rings (SSSR count). The number of aromatic nitrogens is 2. The first-order valence-electron chi connectivity index (χ1n) is 10.8. The lowest BCUT2D eigenvalue weighted by Crippen LogP contribution is -2.38. The fourth-order valence-corrected chi connectivity index (χ4v) is 4.35. The van der Waals surface area contributed by atoms with Gasteiger partial charge in [-0.15, -0.1) is 0 Å². The molecule has 0 aliphatic carbocycles. The minimum Gasteiger partial charge on any atom is -0.444 e. The highest BCUT2D eigenvalue weighted by atomic mass is 35.5. The van der Waals surface area contributed by atoms with Crippen LogP contribution in [0.1, 0.15) is 32.8 Å². The maximum atomic E-state index is 12.3. The molecule has 2 aromatic heterocycles. The number of benzene rings is 1. The first kappa shape index (κ1) is 22.4. The number of pyridine rings is 1. The van der Waals surface area contributed by atoms with Gasteiger partial charge in [0.05, 0.1) is 16.9 Å². The Kier molecular flexibility index (Phi) is 6.05. The van der Waals surface area contributed by atoms with Crippen molar-refractivity contribution in [3.05, 3.63) is 47.2 Å². The molecule has 3 aromatic rings. The molecule has 32 heavy (non-hydrogen) atoms. The average molecular weight is 456 g/mol. The van der Waals surface area contributed by atoms with E-state index in [0.29, 0.717) is 24.7 Å². The molecule has 1 amide bonds. The van der Waals surface area contributed by atoms with Gasteiger partial charge in [-0.05, 0) is 57.0 Å². The third kappa shape index (κ3) is 4.69. The number of nitrogens with one attached hydrogen (secondary N) is 1. The van der Waals surface area contributed by atoms with E-state index in [9.17, 15) is 4.79 Å². The average Bonchev–Trinajstić information content (AvgIpc) is 3.29. The number of likely N-dealkylation sites (tertiary alicyclic amines) is 1. The van der Waals surface area contributed by atoms with E-state index in [1.807, 2.05) is 58.4 Å². The number of carbonyl (C=O) groups excluding carboxylic acids is 1. The lowest BCUT2D eigenvalue weighted by Gasteiger charge is -2.24. The van der Waals surface area contributed by atoms with Crippen LogP contribution >= 0.6 is 11.6 Å². The largest absolute Gasteiger partial charge is 0.444 e. The highest BCUT2D eigenvalue weighted by molar-refractivity contribution is 6.31. The standard InChI is InChI=1S/C24H30ClN5O2/c1-24(2,3)32-23(31)30-8-7-18(14-30)28-12-15-9-16(13-27-11-15)22-21(26)19-6-5-17(25)10-20(19)29(22)4/h5-6,9-11,13,18,28H,7-8,12,14,26H2,1-4H3. The molecule has 1 fully saturated rings. The normalized spacial score (nSPS) is 16.7. The van der Waals surface area contributed by atoms with Gasteiger partial charge in [0, 0.05) is 61.1 Å². The Morgan fingerprint density at radius 3 is 2.84 bits per heavy atom. The number of nitrogens with zero attached hydrogens (tertiary/aromatic N) is 3. The van der Waals surface area contributed by atoms with Crippen molar-refractivity contribution >= 4 is 34.3 Å². The van der Waals surface area contributed by atoms with E-state index in [1.54, 1.807) is 4.90 Å². The second-order valence-corrected chi connectivity index (χ2v) is 9.79. The summed E-state index contributed by atoms with van der Waals surface area (Å²) in [6.07, 6.45) is 4.32. The molecule has 7 nitrogen and oxygen atoms in total. The van der Waals surface area contributed by atoms with Crippen molar-refractivity contribution in [1.29, 1.82) is 0 Å². The maximum absolute atomic E-state index is 12.3. The molecule has 1 saturated heterocycles. The Hall–Kier alpha value is -2.77. The van der Waals surface area contributed by atoms with Crippen LogP contribution in [0.5, 0.6) is 0 Å². The summed E-state index contributed by atoms with van der Waals surface area (Å²) in [5.41, 5.74) is 10.6. The van der Waals surface area contributed by atoms with Gasteiger partial charge in [-0.25, -0.2) is 4.79 Å². The van der Waals surface area contributed by atoms with E-state index < -0.39 is 5.60 Å². The number of fused-ring (bicyclic) bond motifs is 1. The van der Waals surface area contributed by atoms with Crippen LogP contribution in [-0.2, 0) is 18.3 Å². The third-order valence-corrected chi connectivity index (χ3v) is 5.94. The summed E-state index contributed by atoms with van der Waals surface area (Å²) in [7, 11) is 1.99. The van der Waals surface area contributed by atoms with Crippen LogP contribution in [0.25, 0.3) is 22.2 Å². The molecule has 170 valence electrons. The minimum atomic E-state index is -0.483. The van der Waals surface area contributed by atoms with E-state index in [1.165, 1.54) is 0 Å². The zero-order valence-corrected chi connectivity index (χ0v) is 19.7. The summed E-state index contributed by atoms with van der Waals surface area (Å²) in [6.45, 7) is 7.64. The van der Waals surface area contributed by atoms with Crippen molar-refractivity contribution in [2.45, 2.75) is 45.4 Å². The molecule has 1 aliphatic heterocycles. The highest BCUT2D eigenvalue weighted by Gasteiger charge is 2.29. The molecule has 8 heteroatoms. The van der Waals surface area contributed by atoms with Crippen LogP contribution < -0.4 is 11.1 Å². The SMILES string of the molecule is Cn1c(-c2cncc(CNC3CCN(C(=O)OC(C)(C)C)C3)c2)c(N)c2ccc(Cl)cc21. The summed E-state index contributed by atoms with van der Waals surface area (Å²) in [5.74, 6) is 0. The van der Waals surface area contributed by atoms with Gasteiger partial charge in [-0.2, -0.15) is 0 Å². The summed E-state index contributed by atoms with van der Waals surface area (Å²) in [5, 5.41) is 5.20. The van der Waals surface area contributed by atoms with Gasteiger partial charge in [0.15, 0.2) is 0 Å². The van der Waals surface area contributed by atoms with Crippen LogP contribution in [0.15, 0.2) is 36.7 Å². The predicted octanol–water partition coefficient (Wildman–Crippen LogP) is 4.57. The second kappa shape index (κ2) is 8.64. The van der Waals surface area contributed by atoms with Crippen molar-refractivity contribution in [3.63, 3.8) is 0 Å². The lowest BCUT2D eigenvalue weighted by atomic mass is 10.1. The Bertz CT molecular complexity index is 1150. The topological polar surface area (TPSA) is 85.4 Å². The molecule has 0 saturated carbocycles. The Morgan fingerprint density at radius 2 is 2.09 bits per heavy atom. The number of anilines is 1. The number of nitrogen functional groups attached to an aromatic ring is 1. The molecular weight excluding hydrogens is 426 g/mol. The fourth-order valence-electron chi connectivity index (χ4n) is 4.18. The molecule has 0 spiro atoms. The number of halogens is 1. The van der Waals surface area contributed by atoms with E-state index in [2.05, 4.69) is 20.9 Å². The summed E-state index contributed by atoms with van der Waals surface area (Å²) in [4.78, 5) is 18.5. The first-order valence-corrected chi connectivity index (χ1v) is 11.2. The summed E-state index contributed by atoms with van der Waals surface area (Å²) >= 11 is 6.18. The number of hydrogen-bond acceptors (Lipinski definition) is 5. The van der Waals surface area contributed by atoms with Gasteiger partial charge < -0.3 is 25.3 Å². The molecule has 0 bridgehead atoms. The Balaban J connectivity index is 1.45. The highest BCUT2D eigenvalue weighted by Crippen LogP contribution is 2.36. The van der Waals surface area contributed by atoms with Crippen LogP contribution in [0.2, 0.25) is 5.02 Å². The minimum absolute atomic E-state index is 0.219. The van der Waals surface area contributed by atoms with Gasteiger partial charge in [0.2, 0.25) is 0 Å². The third-order valence-electron chi connectivity index (χ3n) is 5.70. The fraction of sp³-hybridized carbons (Fsp3) is 0.417. The van der Waals surface area contributed by atoms with Crippen molar-refractivity contribution < 1.29 is 9.53 Å². The van der Waals surface area contributed by atoms with Gasteiger partial charge in [-0.1, -0.05) is 11.6 Å². The van der Waals surface area contributed by atoms with Crippen LogP contribution in [-0.4, -0.2) is 45.3 Å². The van der Waals surface area contributed by atoms with E-state index in [4.69, 9.17) is 22.1 Å². The van der Waals surface area contributed by atoms with Gasteiger partial charge in [-0.3, -0.25) is 4.98 Å². The van der Waals surface area contributed by atoms with E-state index >= 15 is 0 Å². The summed E-state index contributed by atoms with van der Waals surface area (Å²) in [6, 6.07) is 8.05. The monoisotopic (exact) mass is 455 g/mol. The molecule has 1 unspecified atom stereocenters. The smallest absolute Gasteiger partial charge is 0.410 e. The van der Waals surface area contributed by atoms with Crippen LogP contribution in [0, 0.1) is 0 Å². The van der Waals surface area contributed by atoms with Crippen LogP contribution in [0.3, 0.4) is 0 Å². The van der Waals surface area contributed by atoms with Crippen molar-refractivity contribution in [3.8, 4) is 11.3 Å². The molecule has 1 aliphatic rings. The second-order valence-electron chi connectivity index (χ2n) is 9.36. The van der Waals surface area contributed by atoms with Gasteiger partial charge in [0.1, 0.15) is 5.60 Å². The number of ether oxygens (including phenoxy) is 1. The van der Waals surface area contributed by atoms with Gasteiger partial charge >= 0.3 is 6.09 Å². The van der Waals surface area contributed by atoms with E-state index in [0.717, 1.165) is 39.8 Å². The maximum Gasteiger partial charge on any atom is 0.410 e. The quantitative estimate of drug-likeness (QED) is 0.601. The van der Waals surface area contributed by atoms with Crippen molar-refractivity contribution in [1.82, 2.24) is 19.8 Å². The first-order chi connectivity index (χ1) is 15.1. The number of nitrogens with two attached hydrogens (primary N) is 1. The summed E-state index contributed by atoms with van der Waals surface area (Å²) < 4.78 is 7.53. The molecule has 1 atom stereocenters. The Labute approximate surface area is 193 Å². The number of carbonyl (C=O) groups is 1. The zero-order valence-electron chi connectivity index (χ0n) is 19.0. The molecule has 1 aromatic carbocycles. The lowest BCUT2D eigenvalue weighted by molar-refractivity contribution is 0.0291. The zero-order chi connectivity index (χ0) is 23.0. The van der Waals surface area contributed by atoms with Crippen molar-refractivity contribution in [2.75, 3.05) is 18.8 Å². The molecule has 3 heterocycles. The molecule has 3 N–H and O–H groups in total. The number of rotatable bonds is 4. The van der Waals surface area contributed by atoms with Gasteiger partial charge in [0.25, 0.3) is 0 Å². The van der Waals surface area contributed by atoms with Crippen LogP contribution in [0.4, 0.5) is 10.5 Å². The molecular formula is C24H30ClN5O2. The van der Waals surface area contributed by atoms with E-state index in [-0.39, 0.29) is 12.1 Å². The Morgan fingerprint density at radius 1 is 1.31 bits per heavy atom. The predicted molar refractivity (Wildman–Crippen MR) is 129 cm³/mol. The number of hydrogen-bond donors (Lipinski definition) is 2. The molecule has 0 radical (unpaired) electrons. The number of amides is 1.